The standard InChI is InChI=1S/C23H44FNO8/c1-19(2)22(26)6-5-21(24)17-32-16-15-31-14-13-30-12-11-29-10-9-28-8-7-25-23(27)18-33-20(3)4/h19-21H,5-18H2,1-4H3,(H,25,27). The number of amides is 1. The molecule has 0 radical (unpaired) electrons. The first kappa shape index (κ1) is 31.8. The van der Waals surface area contributed by atoms with Crippen LogP contribution in [-0.2, 0) is 38.0 Å². The van der Waals surface area contributed by atoms with Crippen LogP contribution in [0.4, 0.5) is 4.39 Å². The zero-order valence-corrected chi connectivity index (χ0v) is 20.8. The summed E-state index contributed by atoms with van der Waals surface area (Å²) in [7, 11) is 0. The van der Waals surface area contributed by atoms with Crippen molar-refractivity contribution in [2.75, 3.05) is 79.2 Å². The van der Waals surface area contributed by atoms with Crippen LogP contribution in [0.15, 0.2) is 0 Å². The van der Waals surface area contributed by atoms with Crippen molar-refractivity contribution in [2.45, 2.75) is 52.8 Å². The second-order valence-electron chi connectivity index (χ2n) is 7.99. The van der Waals surface area contributed by atoms with Crippen molar-refractivity contribution in [1.29, 1.82) is 0 Å². The first-order valence-electron chi connectivity index (χ1n) is 11.8. The summed E-state index contributed by atoms with van der Waals surface area (Å²) in [5.41, 5.74) is 0. The number of Topliss-reactive ketones (excluding diaryl/α,β-unsaturated/α-hetero) is 1. The number of alkyl halides is 1. The number of rotatable bonds is 24. The molecule has 0 heterocycles. The Hall–Kier alpha value is -1.17. The zero-order chi connectivity index (χ0) is 24.7. The highest BCUT2D eigenvalue weighted by atomic mass is 19.1. The predicted octanol–water partition coefficient (Wildman–Crippen LogP) is 1.95. The van der Waals surface area contributed by atoms with Crippen LogP contribution in [0.25, 0.3) is 0 Å². The summed E-state index contributed by atoms with van der Waals surface area (Å²) < 4.78 is 45.5. The second kappa shape index (κ2) is 22.6. The summed E-state index contributed by atoms with van der Waals surface area (Å²) in [6.07, 6.45) is -0.646. The van der Waals surface area contributed by atoms with Gasteiger partial charge in [0, 0.05) is 18.9 Å². The van der Waals surface area contributed by atoms with Gasteiger partial charge in [-0.3, -0.25) is 9.59 Å². The van der Waals surface area contributed by atoms with Crippen LogP contribution < -0.4 is 5.32 Å². The van der Waals surface area contributed by atoms with E-state index in [0.29, 0.717) is 66.0 Å². The molecule has 0 aliphatic heterocycles. The van der Waals surface area contributed by atoms with Crippen LogP contribution in [0, 0.1) is 5.92 Å². The zero-order valence-electron chi connectivity index (χ0n) is 20.8. The van der Waals surface area contributed by atoms with Crippen LogP contribution in [0.5, 0.6) is 0 Å². The Balaban J connectivity index is 3.22. The Labute approximate surface area is 197 Å². The molecule has 9 nitrogen and oxygen atoms in total. The van der Waals surface area contributed by atoms with Crippen molar-refractivity contribution in [2.24, 2.45) is 5.92 Å². The van der Waals surface area contributed by atoms with Gasteiger partial charge in [0.2, 0.25) is 5.91 Å². The molecule has 0 aliphatic rings. The molecule has 1 unspecified atom stereocenters. The summed E-state index contributed by atoms with van der Waals surface area (Å²) >= 11 is 0. The van der Waals surface area contributed by atoms with Gasteiger partial charge in [0.25, 0.3) is 0 Å². The quantitative estimate of drug-likeness (QED) is 0.209. The summed E-state index contributed by atoms with van der Waals surface area (Å²) in [6.45, 7) is 11.6. The molecule has 0 rings (SSSR count). The van der Waals surface area contributed by atoms with Crippen LogP contribution in [-0.4, -0.2) is 103 Å². The van der Waals surface area contributed by atoms with Crippen LogP contribution in [0.2, 0.25) is 0 Å². The van der Waals surface area contributed by atoms with Gasteiger partial charge in [-0.05, 0) is 20.3 Å². The molecule has 196 valence electrons. The number of ketones is 1. The summed E-state index contributed by atoms with van der Waals surface area (Å²) in [5.74, 6) is -0.135. The Morgan fingerprint density at radius 3 is 1.73 bits per heavy atom. The van der Waals surface area contributed by atoms with Gasteiger partial charge in [0.1, 0.15) is 18.6 Å². The molecule has 1 amide bonds. The maximum absolute atomic E-state index is 13.6. The van der Waals surface area contributed by atoms with Gasteiger partial charge in [0.15, 0.2) is 0 Å². The van der Waals surface area contributed by atoms with E-state index in [1.807, 2.05) is 27.7 Å². The number of carbonyl (C=O) groups excluding carboxylic acids is 2. The molecule has 0 saturated heterocycles. The molecule has 1 atom stereocenters. The molecule has 0 spiro atoms. The Morgan fingerprint density at radius 2 is 1.24 bits per heavy atom. The molecule has 0 aromatic carbocycles. The van der Waals surface area contributed by atoms with Gasteiger partial charge >= 0.3 is 0 Å². The van der Waals surface area contributed by atoms with Crippen LogP contribution >= 0.6 is 0 Å². The lowest BCUT2D eigenvalue weighted by atomic mass is 10.0. The molecule has 0 fully saturated rings. The maximum Gasteiger partial charge on any atom is 0.246 e. The molecule has 0 aliphatic carbocycles. The highest BCUT2D eigenvalue weighted by molar-refractivity contribution is 5.80. The Morgan fingerprint density at radius 1 is 0.758 bits per heavy atom. The van der Waals surface area contributed by atoms with Gasteiger partial charge in [-0.2, -0.15) is 0 Å². The molecule has 0 aromatic heterocycles. The highest BCUT2D eigenvalue weighted by Gasteiger charge is 2.12. The van der Waals surface area contributed by atoms with Crippen LogP contribution in [0.3, 0.4) is 0 Å². The molecular formula is C23H44FNO8. The topological polar surface area (TPSA) is 102 Å². The van der Waals surface area contributed by atoms with E-state index >= 15 is 0 Å². The first-order valence-corrected chi connectivity index (χ1v) is 11.8. The molecule has 33 heavy (non-hydrogen) atoms. The van der Waals surface area contributed by atoms with Crippen molar-refractivity contribution in [3.8, 4) is 0 Å². The van der Waals surface area contributed by atoms with E-state index < -0.39 is 6.17 Å². The number of hydrogen-bond acceptors (Lipinski definition) is 8. The molecule has 0 saturated carbocycles. The lowest BCUT2D eigenvalue weighted by molar-refractivity contribution is -0.127. The summed E-state index contributed by atoms with van der Waals surface area (Å²) in [6, 6.07) is 0. The van der Waals surface area contributed by atoms with E-state index in [1.165, 1.54) is 0 Å². The van der Waals surface area contributed by atoms with Gasteiger partial charge in [-0.1, -0.05) is 13.8 Å². The number of carbonyl (C=O) groups is 2. The average Bonchev–Trinajstić information content (AvgIpc) is 2.77. The van der Waals surface area contributed by atoms with Crippen molar-refractivity contribution in [3.63, 3.8) is 0 Å². The molecule has 0 aromatic rings. The largest absolute Gasteiger partial charge is 0.377 e. The smallest absolute Gasteiger partial charge is 0.246 e. The number of ether oxygens (including phenoxy) is 6. The fraction of sp³-hybridized carbons (Fsp3) is 0.913. The molecule has 1 N–H and O–H groups in total. The number of hydrogen-bond donors (Lipinski definition) is 1. The van der Waals surface area contributed by atoms with Crippen molar-refractivity contribution in [3.05, 3.63) is 0 Å². The van der Waals surface area contributed by atoms with E-state index in [1.54, 1.807) is 0 Å². The highest BCUT2D eigenvalue weighted by Crippen LogP contribution is 2.07. The Kier molecular flexibility index (Phi) is 21.8. The van der Waals surface area contributed by atoms with E-state index in [9.17, 15) is 14.0 Å². The average molecular weight is 482 g/mol. The lowest BCUT2D eigenvalue weighted by Crippen LogP contribution is -2.31. The normalized spacial score (nSPS) is 12.5. The first-order chi connectivity index (χ1) is 15.8. The van der Waals surface area contributed by atoms with Crippen molar-refractivity contribution >= 4 is 11.7 Å². The summed E-state index contributed by atoms with van der Waals surface area (Å²) in [5, 5.41) is 2.70. The number of nitrogens with one attached hydrogen (secondary N) is 1. The minimum atomic E-state index is -1.13. The fourth-order valence-corrected chi connectivity index (χ4v) is 2.32. The summed E-state index contributed by atoms with van der Waals surface area (Å²) in [4.78, 5) is 22.9. The SMILES string of the molecule is CC(C)OCC(=O)NCCOCCOCCOCCOCCOCC(F)CCC(=O)C(C)C. The van der Waals surface area contributed by atoms with Gasteiger partial charge in [0.05, 0.1) is 72.2 Å². The Bertz CT molecular complexity index is 479. The number of halogens is 1. The molecule has 10 heteroatoms. The molecule has 0 bridgehead atoms. The fourth-order valence-electron chi connectivity index (χ4n) is 2.32. The van der Waals surface area contributed by atoms with E-state index in [2.05, 4.69) is 5.32 Å². The third-order valence-electron chi connectivity index (χ3n) is 4.25. The maximum atomic E-state index is 13.6. The molecular weight excluding hydrogens is 437 g/mol. The predicted molar refractivity (Wildman–Crippen MR) is 122 cm³/mol. The third kappa shape index (κ3) is 23.8. The van der Waals surface area contributed by atoms with E-state index in [4.69, 9.17) is 28.4 Å². The van der Waals surface area contributed by atoms with Crippen LogP contribution in [0.1, 0.15) is 40.5 Å². The van der Waals surface area contributed by atoms with Gasteiger partial charge in [-0.25, -0.2) is 4.39 Å². The van der Waals surface area contributed by atoms with Gasteiger partial charge < -0.3 is 33.7 Å². The lowest BCUT2D eigenvalue weighted by Gasteiger charge is -2.10. The van der Waals surface area contributed by atoms with E-state index in [-0.39, 0.29) is 49.8 Å². The van der Waals surface area contributed by atoms with Gasteiger partial charge in [-0.15, -0.1) is 0 Å². The minimum Gasteiger partial charge on any atom is -0.377 e. The van der Waals surface area contributed by atoms with Crippen molar-refractivity contribution in [1.82, 2.24) is 5.32 Å². The second-order valence-corrected chi connectivity index (χ2v) is 7.99. The third-order valence-corrected chi connectivity index (χ3v) is 4.25. The monoisotopic (exact) mass is 481 g/mol. The van der Waals surface area contributed by atoms with Crippen molar-refractivity contribution < 1.29 is 42.4 Å². The minimum absolute atomic E-state index is 0.0197. The van der Waals surface area contributed by atoms with E-state index in [0.717, 1.165) is 0 Å².